The summed E-state index contributed by atoms with van der Waals surface area (Å²) in [5, 5.41) is 16.2. The first kappa shape index (κ1) is 24.6. The van der Waals surface area contributed by atoms with E-state index in [1.54, 1.807) is 6.33 Å². The standard InChI is InChI=1S/C22H28N8O4S/c1-2-16(13-31)26-21-27-19(23-11-15-7-4-3-5-8-15)18-20(28-21)30(14-25-18)10-6-9-17-12-24-22(34-17)29-35(32)33/h3-5,7-8,12,14,16,31H,2,6,9-11,13H2,1H3,(H,24,29)(H,32,33)(H2,23,26,27,28)/p-1/t16-/m1/s1. The second kappa shape index (κ2) is 11.7. The summed E-state index contributed by atoms with van der Waals surface area (Å²) in [5.74, 6) is 1.58. The van der Waals surface area contributed by atoms with Crippen molar-refractivity contribution >= 4 is 40.2 Å². The molecular weight excluding hydrogens is 472 g/mol. The lowest BCUT2D eigenvalue weighted by Crippen LogP contribution is -2.24. The first-order valence-electron chi connectivity index (χ1n) is 11.2. The summed E-state index contributed by atoms with van der Waals surface area (Å²) in [6, 6.07) is 9.76. The number of oxazole rings is 1. The van der Waals surface area contributed by atoms with Crippen molar-refractivity contribution < 1.29 is 18.3 Å². The zero-order valence-electron chi connectivity index (χ0n) is 19.2. The van der Waals surface area contributed by atoms with Crippen molar-refractivity contribution in [2.75, 3.05) is 22.0 Å². The maximum atomic E-state index is 10.7. The van der Waals surface area contributed by atoms with Gasteiger partial charge in [0.1, 0.15) is 5.76 Å². The number of anilines is 3. The fourth-order valence-corrected chi connectivity index (χ4v) is 3.74. The van der Waals surface area contributed by atoms with Gasteiger partial charge in [-0.15, -0.1) is 0 Å². The number of nitrogens with one attached hydrogen (secondary N) is 3. The third kappa shape index (κ3) is 6.53. The van der Waals surface area contributed by atoms with Gasteiger partial charge in [-0.05, 0) is 18.4 Å². The second-order valence-corrected chi connectivity index (χ2v) is 8.52. The lowest BCUT2D eigenvalue weighted by molar-refractivity contribution is 0.271. The van der Waals surface area contributed by atoms with Gasteiger partial charge in [0.05, 0.1) is 25.2 Å². The molecule has 0 saturated heterocycles. The number of nitrogens with zero attached hydrogens (tertiary/aromatic N) is 5. The molecule has 1 unspecified atom stereocenters. The minimum atomic E-state index is -2.48. The Morgan fingerprint density at radius 2 is 2.06 bits per heavy atom. The normalized spacial score (nSPS) is 13.0. The summed E-state index contributed by atoms with van der Waals surface area (Å²) < 4.78 is 30.8. The topological polar surface area (TPSA) is 166 Å². The van der Waals surface area contributed by atoms with Crippen molar-refractivity contribution in [1.82, 2.24) is 24.5 Å². The summed E-state index contributed by atoms with van der Waals surface area (Å²) in [4.78, 5) is 17.7. The van der Waals surface area contributed by atoms with Crippen molar-refractivity contribution in [3.05, 3.63) is 54.2 Å². The van der Waals surface area contributed by atoms with Crippen LogP contribution in [0.4, 0.5) is 17.8 Å². The number of aromatic nitrogens is 5. The quantitative estimate of drug-likeness (QED) is 0.201. The molecule has 0 saturated carbocycles. The molecule has 4 aromatic rings. The largest absolute Gasteiger partial charge is 0.755 e. The molecule has 3 aromatic heterocycles. The number of rotatable bonds is 13. The Hall–Kier alpha value is -3.55. The van der Waals surface area contributed by atoms with Gasteiger partial charge in [-0.1, -0.05) is 37.3 Å². The first-order chi connectivity index (χ1) is 17.1. The summed E-state index contributed by atoms with van der Waals surface area (Å²) in [6.07, 6.45) is 5.18. The van der Waals surface area contributed by atoms with Crippen LogP contribution in [-0.4, -0.2) is 51.0 Å². The molecule has 12 nitrogen and oxygen atoms in total. The molecule has 4 rings (SSSR count). The van der Waals surface area contributed by atoms with Crippen LogP contribution in [0.1, 0.15) is 31.1 Å². The molecule has 0 aliphatic heterocycles. The fraction of sp³-hybridized carbons (Fsp3) is 0.364. The van der Waals surface area contributed by atoms with E-state index in [-0.39, 0.29) is 18.7 Å². The van der Waals surface area contributed by atoms with Gasteiger partial charge < -0.3 is 29.3 Å². The number of aliphatic hydroxyl groups excluding tert-OH is 1. The van der Waals surface area contributed by atoms with Gasteiger partial charge >= 0.3 is 6.01 Å². The predicted molar refractivity (Wildman–Crippen MR) is 131 cm³/mol. The lowest BCUT2D eigenvalue weighted by Gasteiger charge is -2.15. The van der Waals surface area contributed by atoms with E-state index in [0.717, 1.165) is 12.0 Å². The van der Waals surface area contributed by atoms with Gasteiger partial charge in [-0.3, -0.25) is 8.93 Å². The number of hydrogen-bond acceptors (Lipinski definition) is 10. The Morgan fingerprint density at radius 1 is 1.23 bits per heavy atom. The first-order valence-corrected chi connectivity index (χ1v) is 12.3. The second-order valence-electron chi connectivity index (χ2n) is 7.85. The van der Waals surface area contributed by atoms with Crippen molar-refractivity contribution in [3.63, 3.8) is 0 Å². The van der Waals surface area contributed by atoms with E-state index in [0.29, 0.717) is 54.6 Å². The van der Waals surface area contributed by atoms with E-state index in [1.165, 1.54) is 6.20 Å². The molecule has 3 heterocycles. The SMILES string of the molecule is CC[C@H](CO)Nc1nc(NCc2ccccc2)c2ncn(CCCc3cnc(NS(=O)[O-])o3)c2n1. The van der Waals surface area contributed by atoms with Crippen LogP contribution < -0.4 is 15.4 Å². The average molecular weight is 500 g/mol. The minimum absolute atomic E-state index is 0.0299. The van der Waals surface area contributed by atoms with Crippen LogP contribution in [0.2, 0.25) is 0 Å². The molecule has 4 N–H and O–H groups in total. The van der Waals surface area contributed by atoms with Crippen LogP contribution in [0, 0.1) is 0 Å². The maximum Gasteiger partial charge on any atom is 0.306 e. The third-order valence-corrected chi connectivity index (χ3v) is 5.70. The number of hydrogen-bond donors (Lipinski definition) is 4. The van der Waals surface area contributed by atoms with Crippen molar-refractivity contribution in [2.24, 2.45) is 0 Å². The average Bonchev–Trinajstić information content (AvgIpc) is 3.48. The Morgan fingerprint density at radius 3 is 2.80 bits per heavy atom. The van der Waals surface area contributed by atoms with E-state index >= 15 is 0 Å². The van der Waals surface area contributed by atoms with Crippen LogP contribution in [0.25, 0.3) is 11.2 Å². The van der Waals surface area contributed by atoms with E-state index in [1.807, 2.05) is 41.8 Å². The number of aliphatic hydroxyl groups is 1. The smallest absolute Gasteiger partial charge is 0.306 e. The molecule has 0 amide bonds. The molecule has 0 aliphatic carbocycles. The van der Waals surface area contributed by atoms with E-state index in [9.17, 15) is 13.9 Å². The van der Waals surface area contributed by atoms with Crippen molar-refractivity contribution in [1.29, 1.82) is 0 Å². The van der Waals surface area contributed by atoms with Crippen LogP contribution in [0.5, 0.6) is 0 Å². The third-order valence-electron chi connectivity index (χ3n) is 5.36. The summed E-state index contributed by atoms with van der Waals surface area (Å²) >= 11 is -2.48. The Bertz CT molecular complexity index is 1260. The predicted octanol–water partition coefficient (Wildman–Crippen LogP) is 2.45. The molecule has 0 fully saturated rings. The highest BCUT2D eigenvalue weighted by Crippen LogP contribution is 2.23. The lowest BCUT2D eigenvalue weighted by atomic mass is 10.2. The molecule has 0 aliphatic rings. The molecule has 13 heteroatoms. The molecule has 2 atom stereocenters. The monoisotopic (exact) mass is 499 g/mol. The van der Waals surface area contributed by atoms with Crippen molar-refractivity contribution in [3.8, 4) is 0 Å². The van der Waals surface area contributed by atoms with Gasteiger partial charge in [-0.25, -0.2) is 9.97 Å². The summed E-state index contributed by atoms with van der Waals surface area (Å²) in [6.45, 7) is 3.12. The zero-order valence-corrected chi connectivity index (χ0v) is 20.0. The number of benzene rings is 1. The number of fused-ring (bicyclic) bond motifs is 1. The van der Waals surface area contributed by atoms with Gasteiger partial charge in [0.25, 0.3) is 0 Å². The number of imidazole rings is 1. The minimum Gasteiger partial charge on any atom is -0.755 e. The van der Waals surface area contributed by atoms with Crippen LogP contribution in [0.3, 0.4) is 0 Å². The summed E-state index contributed by atoms with van der Waals surface area (Å²) in [7, 11) is 0. The molecule has 35 heavy (non-hydrogen) atoms. The number of aryl methyl sites for hydroxylation is 2. The van der Waals surface area contributed by atoms with Crippen LogP contribution in [-0.2, 0) is 30.8 Å². The Labute approximate surface area is 204 Å². The van der Waals surface area contributed by atoms with Crippen molar-refractivity contribution in [2.45, 2.75) is 45.3 Å². The van der Waals surface area contributed by atoms with Crippen LogP contribution >= 0.6 is 0 Å². The van der Waals surface area contributed by atoms with Gasteiger partial charge in [0, 0.05) is 30.8 Å². The van der Waals surface area contributed by atoms with Gasteiger partial charge in [0.2, 0.25) is 5.95 Å². The maximum absolute atomic E-state index is 10.7. The summed E-state index contributed by atoms with van der Waals surface area (Å²) in [5.41, 5.74) is 2.41. The van der Waals surface area contributed by atoms with E-state index < -0.39 is 11.3 Å². The zero-order chi connectivity index (χ0) is 24.6. The van der Waals surface area contributed by atoms with Crippen LogP contribution in [0.15, 0.2) is 47.3 Å². The Kier molecular flexibility index (Phi) is 8.23. The van der Waals surface area contributed by atoms with E-state index in [4.69, 9.17) is 4.42 Å². The van der Waals surface area contributed by atoms with E-state index in [2.05, 4.69) is 35.3 Å². The highest BCUT2D eigenvalue weighted by atomic mass is 32.2. The molecule has 1 aromatic carbocycles. The molecule has 0 bridgehead atoms. The van der Waals surface area contributed by atoms with Gasteiger partial charge in [0.15, 0.2) is 17.0 Å². The fourth-order valence-electron chi connectivity index (χ4n) is 3.50. The molecule has 0 radical (unpaired) electrons. The highest BCUT2D eigenvalue weighted by molar-refractivity contribution is 7.80. The molecule has 0 spiro atoms. The highest BCUT2D eigenvalue weighted by Gasteiger charge is 2.16. The van der Waals surface area contributed by atoms with Gasteiger partial charge in [-0.2, -0.15) is 9.97 Å². The Balaban J connectivity index is 1.52. The molecule has 186 valence electrons. The molecular formula is C22H27N8O4S-.